The number of carbonyl (C=O) groups excluding carboxylic acids is 1. The molecule has 0 bridgehead atoms. The third-order valence-electron chi connectivity index (χ3n) is 4.91. The van der Waals surface area contributed by atoms with Crippen LogP contribution in [0, 0.1) is 13.8 Å². The second kappa shape index (κ2) is 6.60. The monoisotopic (exact) mass is 351 g/mol. The van der Waals surface area contributed by atoms with Crippen molar-refractivity contribution >= 4 is 28.6 Å². The Hall–Kier alpha value is -2.20. The summed E-state index contributed by atoms with van der Waals surface area (Å²) in [5.41, 5.74) is 5.46. The zero-order chi connectivity index (χ0) is 17.4. The molecule has 0 fully saturated rings. The molecule has 128 valence electrons. The molecule has 1 aromatic heterocycles. The molecule has 1 aliphatic heterocycles. The molecule has 2 heterocycles. The molecule has 1 amide bonds. The van der Waals surface area contributed by atoms with Crippen LogP contribution in [0.2, 0.25) is 0 Å². The number of nitrogens with one attached hydrogen (secondary N) is 1. The maximum atomic E-state index is 12.6. The highest BCUT2D eigenvalue weighted by Crippen LogP contribution is 2.36. The van der Waals surface area contributed by atoms with Crippen LogP contribution in [0.15, 0.2) is 52.0 Å². The highest BCUT2D eigenvalue weighted by molar-refractivity contribution is 7.99. The van der Waals surface area contributed by atoms with Crippen molar-refractivity contribution < 1.29 is 9.21 Å². The Balaban J connectivity index is 1.53. The number of carbonyl (C=O) groups is 1. The van der Waals surface area contributed by atoms with Gasteiger partial charge in [0, 0.05) is 21.6 Å². The predicted octanol–water partition coefficient (Wildman–Crippen LogP) is 4.95. The van der Waals surface area contributed by atoms with Crippen molar-refractivity contribution in [2.24, 2.45) is 0 Å². The number of fused-ring (bicyclic) bond motifs is 2. The minimum atomic E-state index is 0.0487. The number of aryl methyl sites for hydroxylation is 2. The molecule has 0 saturated carbocycles. The minimum Gasteiger partial charge on any atom is -0.464 e. The van der Waals surface area contributed by atoms with Gasteiger partial charge in [0.25, 0.3) is 0 Å². The molecule has 25 heavy (non-hydrogen) atoms. The summed E-state index contributed by atoms with van der Waals surface area (Å²) in [5.74, 6) is 1.09. The Morgan fingerprint density at radius 2 is 2.04 bits per heavy atom. The number of hydrogen-bond acceptors (Lipinski definition) is 3. The molecule has 0 saturated heterocycles. The summed E-state index contributed by atoms with van der Waals surface area (Å²) in [6.45, 7) is 4.16. The van der Waals surface area contributed by atoms with E-state index < -0.39 is 0 Å². The van der Waals surface area contributed by atoms with Crippen molar-refractivity contribution in [1.82, 2.24) is 5.32 Å². The first-order chi connectivity index (χ1) is 12.1. The van der Waals surface area contributed by atoms with Crippen LogP contribution in [0.1, 0.15) is 34.7 Å². The smallest absolute Gasteiger partial charge is 0.225 e. The average Bonchev–Trinajstić information content (AvgIpc) is 2.97. The quantitative estimate of drug-likeness (QED) is 0.726. The van der Waals surface area contributed by atoms with Gasteiger partial charge in [0.1, 0.15) is 5.58 Å². The van der Waals surface area contributed by atoms with E-state index in [1.165, 1.54) is 21.6 Å². The molecule has 1 aliphatic rings. The molecule has 4 rings (SSSR count). The fourth-order valence-corrected chi connectivity index (χ4v) is 4.51. The van der Waals surface area contributed by atoms with Crippen LogP contribution in [-0.2, 0) is 11.2 Å². The average molecular weight is 351 g/mol. The first-order valence-electron chi connectivity index (χ1n) is 8.60. The Labute approximate surface area is 151 Å². The summed E-state index contributed by atoms with van der Waals surface area (Å²) in [6.07, 6.45) is 3.03. The lowest BCUT2D eigenvalue weighted by atomic mass is 10.0. The molecular weight excluding hydrogens is 330 g/mol. The van der Waals surface area contributed by atoms with E-state index in [1.807, 2.05) is 23.9 Å². The van der Waals surface area contributed by atoms with Gasteiger partial charge in [-0.25, -0.2) is 0 Å². The first-order valence-corrected chi connectivity index (χ1v) is 9.59. The molecule has 0 spiro atoms. The lowest BCUT2D eigenvalue weighted by Gasteiger charge is -2.25. The van der Waals surface area contributed by atoms with E-state index in [2.05, 4.69) is 43.4 Å². The SMILES string of the molecule is Cc1cc2occ(CC(=O)NC3CCSc4ccccc43)c2cc1C. The summed E-state index contributed by atoms with van der Waals surface area (Å²) in [7, 11) is 0. The van der Waals surface area contributed by atoms with Crippen molar-refractivity contribution in [2.75, 3.05) is 5.75 Å². The van der Waals surface area contributed by atoms with Gasteiger partial charge in [-0.15, -0.1) is 11.8 Å². The maximum Gasteiger partial charge on any atom is 0.225 e. The molecular formula is C21H21NO2S. The molecule has 1 N–H and O–H groups in total. The molecule has 4 heteroatoms. The van der Waals surface area contributed by atoms with E-state index in [9.17, 15) is 4.79 Å². The topological polar surface area (TPSA) is 42.2 Å². The van der Waals surface area contributed by atoms with E-state index in [0.717, 1.165) is 28.7 Å². The van der Waals surface area contributed by atoms with Gasteiger partial charge in [0.05, 0.1) is 18.7 Å². The van der Waals surface area contributed by atoms with Gasteiger partial charge in [-0.1, -0.05) is 18.2 Å². The molecule has 2 aromatic carbocycles. The number of hydrogen-bond donors (Lipinski definition) is 1. The van der Waals surface area contributed by atoms with Crippen LogP contribution >= 0.6 is 11.8 Å². The van der Waals surface area contributed by atoms with Gasteiger partial charge in [-0.2, -0.15) is 0 Å². The number of amides is 1. The Morgan fingerprint density at radius 1 is 1.24 bits per heavy atom. The van der Waals surface area contributed by atoms with Crippen molar-refractivity contribution in [1.29, 1.82) is 0 Å². The van der Waals surface area contributed by atoms with Gasteiger partial charge in [0.2, 0.25) is 5.91 Å². The summed E-state index contributed by atoms with van der Waals surface area (Å²) in [4.78, 5) is 13.9. The normalized spacial score (nSPS) is 16.6. The van der Waals surface area contributed by atoms with Gasteiger partial charge < -0.3 is 9.73 Å². The van der Waals surface area contributed by atoms with Crippen LogP contribution in [0.4, 0.5) is 0 Å². The standard InChI is InChI=1S/C21H21NO2S/c1-13-9-17-15(12-24-19(17)10-14(13)2)11-21(23)22-18-7-8-25-20-6-4-3-5-16(18)20/h3-6,9-10,12,18H,7-8,11H2,1-2H3,(H,22,23). The minimum absolute atomic E-state index is 0.0487. The van der Waals surface area contributed by atoms with Crippen molar-refractivity contribution in [3.05, 3.63) is 64.9 Å². The van der Waals surface area contributed by atoms with Crippen LogP contribution in [0.25, 0.3) is 11.0 Å². The summed E-state index contributed by atoms with van der Waals surface area (Å²) in [5, 5.41) is 4.25. The van der Waals surface area contributed by atoms with Crippen molar-refractivity contribution in [3.8, 4) is 0 Å². The Kier molecular flexibility index (Phi) is 4.30. The number of rotatable bonds is 3. The zero-order valence-corrected chi connectivity index (χ0v) is 15.3. The second-order valence-electron chi connectivity index (χ2n) is 6.67. The highest BCUT2D eigenvalue weighted by atomic mass is 32.2. The van der Waals surface area contributed by atoms with Crippen LogP contribution < -0.4 is 5.32 Å². The van der Waals surface area contributed by atoms with Gasteiger partial charge >= 0.3 is 0 Å². The third kappa shape index (κ3) is 3.19. The lowest BCUT2D eigenvalue weighted by Crippen LogP contribution is -2.31. The highest BCUT2D eigenvalue weighted by Gasteiger charge is 2.22. The largest absolute Gasteiger partial charge is 0.464 e. The van der Waals surface area contributed by atoms with E-state index >= 15 is 0 Å². The van der Waals surface area contributed by atoms with Gasteiger partial charge in [0.15, 0.2) is 0 Å². The van der Waals surface area contributed by atoms with E-state index in [-0.39, 0.29) is 11.9 Å². The van der Waals surface area contributed by atoms with Crippen LogP contribution in [0.3, 0.4) is 0 Å². The van der Waals surface area contributed by atoms with Gasteiger partial charge in [-0.05, 0) is 55.2 Å². The Morgan fingerprint density at radius 3 is 2.92 bits per heavy atom. The summed E-state index contributed by atoms with van der Waals surface area (Å²) >= 11 is 1.86. The Bertz CT molecular complexity index is 944. The number of benzene rings is 2. The number of furan rings is 1. The number of thioether (sulfide) groups is 1. The zero-order valence-electron chi connectivity index (χ0n) is 14.5. The van der Waals surface area contributed by atoms with E-state index in [0.29, 0.717) is 6.42 Å². The summed E-state index contributed by atoms with van der Waals surface area (Å²) < 4.78 is 5.65. The first kappa shape index (κ1) is 16.3. The third-order valence-corrected chi connectivity index (χ3v) is 6.04. The molecule has 1 atom stereocenters. The molecule has 0 aliphatic carbocycles. The molecule has 3 aromatic rings. The fraction of sp³-hybridized carbons (Fsp3) is 0.286. The van der Waals surface area contributed by atoms with Crippen molar-refractivity contribution in [2.45, 2.75) is 37.6 Å². The van der Waals surface area contributed by atoms with E-state index in [1.54, 1.807) is 6.26 Å². The maximum absolute atomic E-state index is 12.6. The summed E-state index contributed by atoms with van der Waals surface area (Å²) in [6, 6.07) is 12.6. The molecule has 1 unspecified atom stereocenters. The second-order valence-corrected chi connectivity index (χ2v) is 7.80. The fourth-order valence-electron chi connectivity index (χ4n) is 3.38. The van der Waals surface area contributed by atoms with Crippen molar-refractivity contribution in [3.63, 3.8) is 0 Å². The van der Waals surface area contributed by atoms with Crippen LogP contribution in [0.5, 0.6) is 0 Å². The van der Waals surface area contributed by atoms with Gasteiger partial charge in [-0.3, -0.25) is 4.79 Å². The van der Waals surface area contributed by atoms with Crippen LogP contribution in [-0.4, -0.2) is 11.7 Å². The molecule has 0 radical (unpaired) electrons. The van der Waals surface area contributed by atoms with E-state index in [4.69, 9.17) is 4.42 Å². The molecule has 3 nitrogen and oxygen atoms in total. The lowest BCUT2D eigenvalue weighted by molar-refractivity contribution is -0.121. The predicted molar refractivity (Wildman–Crippen MR) is 102 cm³/mol.